The number of hydrogen-bond acceptors (Lipinski definition) is 4. The number of rotatable bonds is 2. The Balaban J connectivity index is 1.97. The van der Waals surface area contributed by atoms with E-state index in [2.05, 4.69) is 0 Å². The summed E-state index contributed by atoms with van der Waals surface area (Å²) >= 11 is 0.980. The van der Waals surface area contributed by atoms with Gasteiger partial charge >= 0.3 is 5.97 Å². The molecule has 5 nitrogen and oxygen atoms in total. The highest BCUT2D eigenvalue weighted by atomic mass is 32.1. The molecule has 1 saturated heterocycles. The van der Waals surface area contributed by atoms with Crippen molar-refractivity contribution in [1.29, 1.82) is 0 Å². The zero-order valence-electron chi connectivity index (χ0n) is 10.8. The van der Waals surface area contributed by atoms with E-state index in [-0.39, 0.29) is 33.9 Å². The Bertz CT molecular complexity index is 607. The van der Waals surface area contributed by atoms with E-state index in [1.54, 1.807) is 13.0 Å². The molecule has 2 unspecified atom stereocenters. The van der Waals surface area contributed by atoms with Crippen LogP contribution in [-0.2, 0) is 9.59 Å². The lowest BCUT2D eigenvalue weighted by atomic mass is 10.1. The summed E-state index contributed by atoms with van der Waals surface area (Å²) in [5.74, 6) is -1.90. The quantitative estimate of drug-likeness (QED) is 0.839. The van der Waals surface area contributed by atoms with Crippen LogP contribution in [0, 0.1) is 24.2 Å². The normalized spacial score (nSPS) is 27.6. The van der Waals surface area contributed by atoms with Crippen LogP contribution in [0.1, 0.15) is 29.1 Å². The number of imide groups is 1. The van der Waals surface area contributed by atoms with Crippen molar-refractivity contribution in [3.63, 3.8) is 0 Å². The zero-order valence-corrected chi connectivity index (χ0v) is 11.6. The highest BCUT2D eigenvalue weighted by Gasteiger charge is 2.72. The van der Waals surface area contributed by atoms with Gasteiger partial charge in [-0.15, -0.1) is 11.3 Å². The lowest BCUT2D eigenvalue weighted by molar-refractivity contribution is -0.125. The Morgan fingerprint density at radius 2 is 1.84 bits per heavy atom. The minimum absolute atomic E-state index is 0.176. The van der Waals surface area contributed by atoms with Crippen LogP contribution in [0.2, 0.25) is 0 Å². The van der Waals surface area contributed by atoms with Crippen molar-refractivity contribution >= 4 is 34.1 Å². The summed E-state index contributed by atoms with van der Waals surface area (Å²) in [4.78, 5) is 36.8. The third-order valence-corrected chi connectivity index (χ3v) is 5.33. The number of aromatic carboxylic acids is 1. The summed E-state index contributed by atoms with van der Waals surface area (Å²) < 4.78 is 0. The molecule has 2 heterocycles. The van der Waals surface area contributed by atoms with Crippen LogP contribution >= 0.6 is 11.3 Å². The molecule has 100 valence electrons. The van der Waals surface area contributed by atoms with Crippen molar-refractivity contribution in [2.75, 3.05) is 4.90 Å². The number of carboxylic acids is 1. The topological polar surface area (TPSA) is 74.7 Å². The highest BCUT2D eigenvalue weighted by molar-refractivity contribution is 7.18. The number of thiophene rings is 1. The second-order valence-electron chi connectivity index (χ2n) is 5.69. The maximum Gasteiger partial charge on any atom is 0.346 e. The molecular weight excluding hydrogens is 266 g/mol. The second-order valence-corrected chi connectivity index (χ2v) is 6.72. The minimum atomic E-state index is -1.03. The molecule has 0 radical (unpaired) electrons. The number of carboxylic acid groups (broad SMARTS) is 1. The van der Waals surface area contributed by atoms with Crippen molar-refractivity contribution in [2.45, 2.75) is 20.8 Å². The summed E-state index contributed by atoms with van der Waals surface area (Å²) in [6.45, 7) is 5.49. The second kappa shape index (κ2) is 3.45. The van der Waals surface area contributed by atoms with Gasteiger partial charge in [0.1, 0.15) is 9.88 Å². The molecule has 1 aliphatic carbocycles. The van der Waals surface area contributed by atoms with Gasteiger partial charge in [0, 0.05) is 0 Å². The first-order valence-corrected chi connectivity index (χ1v) is 6.80. The third kappa shape index (κ3) is 1.43. The molecule has 0 bridgehead atoms. The van der Waals surface area contributed by atoms with E-state index in [9.17, 15) is 14.4 Å². The number of carbonyl (C=O) groups is 3. The van der Waals surface area contributed by atoms with Crippen molar-refractivity contribution < 1.29 is 19.5 Å². The third-order valence-electron chi connectivity index (χ3n) is 4.12. The van der Waals surface area contributed by atoms with Crippen molar-refractivity contribution in [3.05, 3.63) is 16.5 Å². The van der Waals surface area contributed by atoms with Crippen LogP contribution in [0.5, 0.6) is 0 Å². The molecule has 3 rings (SSSR count). The Labute approximate surface area is 113 Å². The smallest absolute Gasteiger partial charge is 0.346 e. The Hall–Kier alpha value is -1.69. The van der Waals surface area contributed by atoms with E-state index in [0.29, 0.717) is 10.6 Å². The van der Waals surface area contributed by atoms with Gasteiger partial charge in [-0.05, 0) is 24.0 Å². The molecule has 2 atom stereocenters. The zero-order chi connectivity index (χ0) is 14.1. The number of hydrogen-bond donors (Lipinski definition) is 1. The van der Waals surface area contributed by atoms with Crippen LogP contribution < -0.4 is 4.90 Å². The molecule has 2 aliphatic rings. The minimum Gasteiger partial charge on any atom is -0.477 e. The number of nitrogens with zero attached hydrogens (tertiary/aromatic N) is 1. The van der Waals surface area contributed by atoms with E-state index in [4.69, 9.17) is 5.11 Å². The van der Waals surface area contributed by atoms with Crippen LogP contribution in [0.25, 0.3) is 0 Å². The fourth-order valence-electron chi connectivity index (χ4n) is 2.95. The van der Waals surface area contributed by atoms with Gasteiger partial charge in [0.25, 0.3) is 0 Å². The van der Waals surface area contributed by atoms with Gasteiger partial charge < -0.3 is 5.11 Å². The Morgan fingerprint density at radius 1 is 1.32 bits per heavy atom. The molecule has 2 amide bonds. The van der Waals surface area contributed by atoms with Crippen LogP contribution in [0.3, 0.4) is 0 Å². The van der Waals surface area contributed by atoms with E-state index < -0.39 is 5.97 Å². The molecule has 6 heteroatoms. The van der Waals surface area contributed by atoms with Gasteiger partial charge in [0.2, 0.25) is 11.8 Å². The van der Waals surface area contributed by atoms with E-state index in [1.807, 2.05) is 13.8 Å². The van der Waals surface area contributed by atoms with E-state index in [0.717, 1.165) is 16.2 Å². The van der Waals surface area contributed by atoms with E-state index in [1.165, 1.54) is 0 Å². The average Bonchev–Trinajstić information content (AvgIpc) is 2.56. The van der Waals surface area contributed by atoms with Crippen LogP contribution in [0.15, 0.2) is 6.07 Å². The largest absolute Gasteiger partial charge is 0.477 e. The summed E-state index contributed by atoms with van der Waals surface area (Å²) in [5, 5.41) is 9.44. The maximum absolute atomic E-state index is 12.2. The predicted molar refractivity (Wildman–Crippen MR) is 69.3 cm³/mol. The summed E-state index contributed by atoms with van der Waals surface area (Å²) in [6, 6.07) is 1.60. The number of anilines is 1. The Kier molecular flexibility index (Phi) is 2.24. The lowest BCUT2D eigenvalue weighted by Crippen LogP contribution is -2.35. The molecule has 1 aliphatic heterocycles. The molecule has 1 aromatic heterocycles. The SMILES string of the molecule is Cc1cc(N2C(=O)C3C(C2=O)C3(C)C)sc1C(=O)O. The number of piperidine rings is 1. The first-order chi connectivity index (χ1) is 8.76. The predicted octanol–water partition coefficient (Wildman–Crippen LogP) is 1.90. The maximum atomic E-state index is 12.2. The lowest BCUT2D eigenvalue weighted by Gasteiger charge is -2.18. The number of carbonyl (C=O) groups excluding carboxylic acids is 2. The summed E-state index contributed by atoms with van der Waals surface area (Å²) in [7, 11) is 0. The van der Waals surface area contributed by atoms with Gasteiger partial charge in [-0.3, -0.25) is 9.59 Å². The monoisotopic (exact) mass is 279 g/mol. The van der Waals surface area contributed by atoms with Gasteiger partial charge in [0.05, 0.1) is 11.8 Å². The Morgan fingerprint density at radius 3 is 2.26 bits per heavy atom. The molecule has 0 spiro atoms. The van der Waals surface area contributed by atoms with E-state index >= 15 is 0 Å². The molecule has 0 aromatic carbocycles. The first-order valence-electron chi connectivity index (χ1n) is 5.98. The molecule has 1 saturated carbocycles. The molecule has 19 heavy (non-hydrogen) atoms. The average molecular weight is 279 g/mol. The fourth-order valence-corrected chi connectivity index (χ4v) is 3.97. The molecule has 1 N–H and O–H groups in total. The molecule has 1 aromatic rings. The van der Waals surface area contributed by atoms with Gasteiger partial charge in [-0.2, -0.15) is 0 Å². The number of fused-ring (bicyclic) bond motifs is 1. The van der Waals surface area contributed by atoms with Crippen LogP contribution in [-0.4, -0.2) is 22.9 Å². The van der Waals surface area contributed by atoms with Crippen LogP contribution in [0.4, 0.5) is 5.00 Å². The van der Waals surface area contributed by atoms with Gasteiger partial charge in [-0.25, -0.2) is 9.69 Å². The number of aryl methyl sites for hydroxylation is 1. The standard InChI is InChI=1S/C13H13NO4S/c1-5-4-6(19-9(5)12(17)18)14-10(15)7-8(11(14)16)13(7,2)3/h4,7-8H,1-3H3,(H,17,18). The first kappa shape index (κ1) is 12.3. The molecule has 2 fully saturated rings. The van der Waals surface area contributed by atoms with Crippen molar-refractivity contribution in [3.8, 4) is 0 Å². The van der Waals surface area contributed by atoms with Gasteiger partial charge in [-0.1, -0.05) is 13.8 Å². The fraction of sp³-hybridized carbons (Fsp3) is 0.462. The summed E-state index contributed by atoms with van der Waals surface area (Å²) in [5.41, 5.74) is 0.333. The van der Waals surface area contributed by atoms with Gasteiger partial charge in [0.15, 0.2) is 0 Å². The number of amides is 2. The van der Waals surface area contributed by atoms with Crippen molar-refractivity contribution in [1.82, 2.24) is 0 Å². The highest BCUT2D eigenvalue weighted by Crippen LogP contribution is 2.64. The summed E-state index contributed by atoms with van der Waals surface area (Å²) in [6.07, 6.45) is 0. The molecular formula is C13H13NO4S. The van der Waals surface area contributed by atoms with Crippen molar-refractivity contribution in [2.24, 2.45) is 17.3 Å².